The Labute approximate surface area is 146 Å². The van der Waals surface area contributed by atoms with E-state index in [4.69, 9.17) is 11.6 Å². The standard InChI is InChI=1S/C15H10ClF3N2O3S/c1-25(22,23)24-11-4-2-9(3-5-11)12(7-20)14-13(16)6-10(8-21-14)15(17,18)19/h2-6,8,12H,1H3/t12-/m1/s1. The van der Waals surface area contributed by atoms with Gasteiger partial charge in [-0.1, -0.05) is 23.7 Å². The van der Waals surface area contributed by atoms with E-state index in [0.29, 0.717) is 17.8 Å². The van der Waals surface area contributed by atoms with Crippen LogP contribution >= 0.6 is 11.6 Å². The van der Waals surface area contributed by atoms with Crippen molar-refractivity contribution in [3.05, 3.63) is 58.4 Å². The molecule has 0 fully saturated rings. The molecule has 1 aromatic heterocycles. The van der Waals surface area contributed by atoms with Gasteiger partial charge in [-0.2, -0.15) is 26.9 Å². The van der Waals surface area contributed by atoms with E-state index in [1.165, 1.54) is 24.3 Å². The number of hydrogen-bond acceptors (Lipinski definition) is 5. The molecule has 0 bridgehead atoms. The predicted molar refractivity (Wildman–Crippen MR) is 83.6 cm³/mol. The van der Waals surface area contributed by atoms with Gasteiger partial charge in [0, 0.05) is 6.20 Å². The third kappa shape index (κ3) is 4.84. The average Bonchev–Trinajstić information content (AvgIpc) is 2.48. The first-order valence-corrected chi connectivity index (χ1v) is 8.82. The smallest absolute Gasteiger partial charge is 0.383 e. The van der Waals surface area contributed by atoms with Crippen molar-refractivity contribution in [3.63, 3.8) is 0 Å². The SMILES string of the molecule is CS(=O)(=O)Oc1ccc([C@@H](C#N)c2ncc(C(F)(F)F)cc2Cl)cc1. The van der Waals surface area contributed by atoms with Crippen LogP contribution in [0.3, 0.4) is 0 Å². The summed E-state index contributed by atoms with van der Waals surface area (Å²) in [4.78, 5) is 3.67. The van der Waals surface area contributed by atoms with E-state index in [1.807, 2.05) is 6.07 Å². The highest BCUT2D eigenvalue weighted by Gasteiger charge is 2.32. The van der Waals surface area contributed by atoms with Crippen molar-refractivity contribution in [3.8, 4) is 11.8 Å². The molecule has 0 amide bonds. The van der Waals surface area contributed by atoms with Crippen molar-refractivity contribution in [1.82, 2.24) is 4.98 Å². The number of aromatic nitrogens is 1. The Balaban J connectivity index is 2.36. The van der Waals surface area contributed by atoms with Crippen LogP contribution in [0.15, 0.2) is 36.5 Å². The van der Waals surface area contributed by atoms with Gasteiger partial charge in [-0.3, -0.25) is 4.98 Å². The summed E-state index contributed by atoms with van der Waals surface area (Å²) in [6.07, 6.45) is -3.11. The molecule has 0 unspecified atom stereocenters. The van der Waals surface area contributed by atoms with Crippen LogP contribution in [0.2, 0.25) is 5.02 Å². The van der Waals surface area contributed by atoms with Crippen LogP contribution in [-0.2, 0) is 16.3 Å². The fourth-order valence-electron chi connectivity index (χ4n) is 2.00. The van der Waals surface area contributed by atoms with Crippen LogP contribution in [0.1, 0.15) is 22.7 Å². The minimum Gasteiger partial charge on any atom is -0.383 e. The van der Waals surface area contributed by atoms with Crippen LogP contribution in [0.4, 0.5) is 13.2 Å². The summed E-state index contributed by atoms with van der Waals surface area (Å²) in [6, 6.07) is 8.07. The topological polar surface area (TPSA) is 80.0 Å². The van der Waals surface area contributed by atoms with Gasteiger partial charge in [0.15, 0.2) is 0 Å². The maximum atomic E-state index is 12.7. The summed E-state index contributed by atoms with van der Waals surface area (Å²) >= 11 is 5.86. The van der Waals surface area contributed by atoms with Gasteiger partial charge in [0.05, 0.1) is 28.6 Å². The average molecular weight is 391 g/mol. The van der Waals surface area contributed by atoms with Gasteiger partial charge in [-0.15, -0.1) is 0 Å². The number of halogens is 4. The van der Waals surface area contributed by atoms with E-state index in [1.54, 1.807) is 0 Å². The normalized spacial score (nSPS) is 13.1. The summed E-state index contributed by atoms with van der Waals surface area (Å²) < 4.78 is 64.8. The molecular weight excluding hydrogens is 381 g/mol. The van der Waals surface area contributed by atoms with Gasteiger partial charge in [0.2, 0.25) is 0 Å². The van der Waals surface area contributed by atoms with Gasteiger partial charge in [0.25, 0.3) is 0 Å². The largest absolute Gasteiger partial charge is 0.417 e. The number of rotatable bonds is 4. The van der Waals surface area contributed by atoms with Gasteiger partial charge in [-0.25, -0.2) is 0 Å². The lowest BCUT2D eigenvalue weighted by molar-refractivity contribution is -0.137. The van der Waals surface area contributed by atoms with Crippen LogP contribution in [0.5, 0.6) is 5.75 Å². The lowest BCUT2D eigenvalue weighted by atomic mass is 9.96. The molecule has 5 nitrogen and oxygen atoms in total. The van der Waals surface area contributed by atoms with Gasteiger partial charge >= 0.3 is 16.3 Å². The number of pyridine rings is 1. The number of nitrogens with zero attached hydrogens (tertiary/aromatic N) is 2. The molecule has 0 aliphatic carbocycles. The molecule has 2 rings (SSSR count). The number of nitriles is 1. The molecule has 1 atom stereocenters. The molecule has 1 aromatic carbocycles. The molecule has 10 heteroatoms. The Kier molecular flexibility index (Phi) is 5.25. The van der Waals surface area contributed by atoms with Crippen molar-refractivity contribution >= 4 is 21.7 Å². The number of hydrogen-bond donors (Lipinski definition) is 0. The van der Waals surface area contributed by atoms with Crippen LogP contribution in [0, 0.1) is 11.3 Å². The molecule has 132 valence electrons. The fraction of sp³-hybridized carbons (Fsp3) is 0.200. The molecule has 1 heterocycles. The van der Waals surface area contributed by atoms with Crippen molar-refractivity contribution in [2.45, 2.75) is 12.1 Å². The monoisotopic (exact) mass is 390 g/mol. The van der Waals surface area contributed by atoms with Gasteiger partial charge in [0.1, 0.15) is 11.7 Å². The third-order valence-corrected chi connectivity index (χ3v) is 3.86. The quantitative estimate of drug-likeness (QED) is 0.743. The van der Waals surface area contributed by atoms with E-state index in [0.717, 1.165) is 6.26 Å². The second kappa shape index (κ2) is 6.90. The highest BCUT2D eigenvalue weighted by molar-refractivity contribution is 7.86. The minimum atomic E-state index is -4.60. The second-order valence-corrected chi connectivity index (χ2v) is 6.99. The zero-order valence-electron chi connectivity index (χ0n) is 12.6. The molecule has 0 saturated heterocycles. The lowest BCUT2D eigenvalue weighted by Gasteiger charge is -2.13. The van der Waals surface area contributed by atoms with E-state index in [9.17, 15) is 26.9 Å². The van der Waals surface area contributed by atoms with Crippen LogP contribution in [-0.4, -0.2) is 19.7 Å². The van der Waals surface area contributed by atoms with Gasteiger partial charge < -0.3 is 4.18 Å². The highest BCUT2D eigenvalue weighted by atomic mass is 35.5. The lowest BCUT2D eigenvalue weighted by Crippen LogP contribution is -2.09. The molecule has 0 aliphatic heterocycles. The molecular formula is C15H10ClF3N2O3S. The zero-order valence-corrected chi connectivity index (χ0v) is 14.2. The maximum Gasteiger partial charge on any atom is 0.417 e. The van der Waals surface area contributed by atoms with Crippen molar-refractivity contribution in [2.75, 3.05) is 6.26 Å². The summed E-state index contributed by atoms with van der Waals surface area (Å²) in [5, 5.41) is 9.05. The first-order chi connectivity index (χ1) is 11.5. The maximum absolute atomic E-state index is 12.7. The highest BCUT2D eigenvalue weighted by Crippen LogP contribution is 2.34. The Bertz CT molecular complexity index is 923. The predicted octanol–water partition coefficient (Wildman–Crippen LogP) is 3.75. The molecule has 0 saturated carbocycles. The molecule has 0 N–H and O–H groups in total. The summed E-state index contributed by atoms with van der Waals surface area (Å²) in [7, 11) is -3.70. The summed E-state index contributed by atoms with van der Waals surface area (Å²) in [5.41, 5.74) is -0.679. The Morgan fingerprint density at radius 2 is 1.88 bits per heavy atom. The zero-order chi connectivity index (χ0) is 18.8. The number of alkyl halides is 3. The van der Waals surface area contributed by atoms with Crippen molar-refractivity contribution in [1.29, 1.82) is 5.26 Å². The molecule has 25 heavy (non-hydrogen) atoms. The first kappa shape index (κ1) is 19.0. The van der Waals surface area contributed by atoms with Gasteiger partial charge in [-0.05, 0) is 23.8 Å². The molecule has 0 radical (unpaired) electrons. The van der Waals surface area contributed by atoms with Crippen LogP contribution < -0.4 is 4.18 Å². The fourth-order valence-corrected chi connectivity index (χ4v) is 2.74. The summed E-state index contributed by atoms with van der Waals surface area (Å²) in [5.74, 6) is -0.989. The Morgan fingerprint density at radius 1 is 1.28 bits per heavy atom. The Morgan fingerprint density at radius 3 is 2.32 bits per heavy atom. The van der Waals surface area contributed by atoms with E-state index in [-0.39, 0.29) is 16.5 Å². The third-order valence-electron chi connectivity index (χ3n) is 3.06. The molecule has 2 aromatic rings. The summed E-state index contributed by atoms with van der Waals surface area (Å²) in [6.45, 7) is 0. The van der Waals surface area contributed by atoms with Crippen molar-refractivity contribution in [2.24, 2.45) is 0 Å². The van der Waals surface area contributed by atoms with E-state index in [2.05, 4.69) is 9.17 Å². The van der Waals surface area contributed by atoms with Crippen molar-refractivity contribution < 1.29 is 25.8 Å². The first-order valence-electron chi connectivity index (χ1n) is 6.63. The minimum absolute atomic E-state index is 0.0334. The van der Waals surface area contributed by atoms with Crippen LogP contribution in [0.25, 0.3) is 0 Å². The van der Waals surface area contributed by atoms with E-state index < -0.39 is 27.8 Å². The van der Waals surface area contributed by atoms with E-state index >= 15 is 0 Å². The Hall–Kier alpha value is -2.31. The molecule has 0 aliphatic rings. The molecule has 0 spiro atoms. The second-order valence-electron chi connectivity index (χ2n) is 5.01. The number of benzene rings is 1.